The van der Waals surface area contributed by atoms with E-state index in [0.29, 0.717) is 5.75 Å². The number of rotatable bonds is 17. The highest BCUT2D eigenvalue weighted by Crippen LogP contribution is 2.21. The summed E-state index contributed by atoms with van der Waals surface area (Å²) in [5.41, 5.74) is 1.03. The van der Waals surface area contributed by atoms with Crippen LogP contribution in [-0.2, 0) is 16.0 Å². The molecule has 0 aliphatic rings. The fourth-order valence-electron chi connectivity index (χ4n) is 3.35. The Labute approximate surface area is 170 Å². The molecule has 1 rings (SSSR count). The van der Waals surface area contributed by atoms with Gasteiger partial charge in [0.1, 0.15) is 5.75 Å². The first kappa shape index (κ1) is 24.2. The minimum absolute atomic E-state index is 0.0950. The summed E-state index contributed by atoms with van der Waals surface area (Å²) in [6.07, 6.45) is 16.4. The molecule has 0 spiro atoms. The number of aliphatic carboxylic acids is 1. The molecule has 0 aliphatic heterocycles. The molecule has 0 saturated heterocycles. The molecular formula is C24H38O4. The minimum Gasteiger partial charge on any atom is -0.481 e. The Bertz CT molecular complexity index is 553. The molecule has 4 heteroatoms. The summed E-state index contributed by atoms with van der Waals surface area (Å²) >= 11 is 0. The van der Waals surface area contributed by atoms with Gasteiger partial charge in [-0.3, -0.25) is 9.59 Å². The lowest BCUT2D eigenvalue weighted by Gasteiger charge is -2.10. The van der Waals surface area contributed by atoms with Crippen molar-refractivity contribution in [1.29, 1.82) is 0 Å². The maximum Gasteiger partial charge on any atom is 0.311 e. The number of hydrogen-bond donors (Lipinski definition) is 1. The normalized spacial score (nSPS) is 10.8. The Morgan fingerprint density at radius 2 is 1.32 bits per heavy atom. The highest BCUT2D eigenvalue weighted by atomic mass is 16.5. The van der Waals surface area contributed by atoms with Crippen molar-refractivity contribution in [2.45, 2.75) is 103 Å². The van der Waals surface area contributed by atoms with E-state index in [-0.39, 0.29) is 12.8 Å². The standard InChI is InChI=1S/C24H38O4/c1-2-3-4-5-6-7-8-9-10-11-12-13-16-21-17-14-15-18-22(21)28-24(27)20-19-23(25)26/h14-15,17-18H,2-13,16,19-20H2,1H3,(H,25,26). The molecule has 158 valence electrons. The third-order valence-corrected chi connectivity index (χ3v) is 5.04. The molecule has 0 heterocycles. The number of carbonyl (C=O) groups excluding carboxylic acids is 1. The van der Waals surface area contributed by atoms with Crippen LogP contribution < -0.4 is 4.74 Å². The molecule has 1 aromatic rings. The van der Waals surface area contributed by atoms with E-state index in [4.69, 9.17) is 9.84 Å². The number of unbranched alkanes of at least 4 members (excludes halogenated alkanes) is 11. The lowest BCUT2D eigenvalue weighted by atomic mass is 10.0. The van der Waals surface area contributed by atoms with Gasteiger partial charge in [0, 0.05) is 0 Å². The third-order valence-electron chi connectivity index (χ3n) is 5.04. The number of carboxylic acid groups (broad SMARTS) is 1. The summed E-state index contributed by atoms with van der Waals surface area (Å²) in [5.74, 6) is -0.896. The second-order valence-electron chi connectivity index (χ2n) is 7.61. The molecule has 0 saturated carbocycles. The second-order valence-corrected chi connectivity index (χ2v) is 7.61. The first-order valence-electron chi connectivity index (χ1n) is 11.1. The largest absolute Gasteiger partial charge is 0.481 e. The molecule has 0 aliphatic carbocycles. The smallest absolute Gasteiger partial charge is 0.311 e. The molecule has 4 nitrogen and oxygen atoms in total. The predicted molar refractivity (Wildman–Crippen MR) is 114 cm³/mol. The molecule has 1 N–H and O–H groups in total. The highest BCUT2D eigenvalue weighted by molar-refractivity contribution is 5.78. The van der Waals surface area contributed by atoms with Gasteiger partial charge in [-0.05, 0) is 24.5 Å². The van der Waals surface area contributed by atoms with Crippen LogP contribution in [0.15, 0.2) is 24.3 Å². The molecular weight excluding hydrogens is 352 g/mol. The number of aryl methyl sites for hydroxylation is 1. The Kier molecular flexibility index (Phi) is 14.0. The molecule has 0 aromatic heterocycles. The molecule has 0 unspecified atom stereocenters. The van der Waals surface area contributed by atoms with Crippen molar-refractivity contribution >= 4 is 11.9 Å². The minimum atomic E-state index is -0.985. The van der Waals surface area contributed by atoms with E-state index in [9.17, 15) is 9.59 Å². The van der Waals surface area contributed by atoms with Gasteiger partial charge >= 0.3 is 11.9 Å². The maximum atomic E-state index is 11.8. The van der Waals surface area contributed by atoms with E-state index < -0.39 is 11.9 Å². The van der Waals surface area contributed by atoms with Crippen LogP contribution in [0.5, 0.6) is 5.75 Å². The number of carboxylic acids is 1. The van der Waals surface area contributed by atoms with Crippen molar-refractivity contribution < 1.29 is 19.4 Å². The van der Waals surface area contributed by atoms with E-state index in [1.54, 1.807) is 6.07 Å². The van der Waals surface area contributed by atoms with Crippen LogP contribution in [0.2, 0.25) is 0 Å². The van der Waals surface area contributed by atoms with Crippen molar-refractivity contribution in [2.75, 3.05) is 0 Å². The number of esters is 1. The van der Waals surface area contributed by atoms with Crippen LogP contribution in [0, 0.1) is 0 Å². The first-order chi connectivity index (χ1) is 13.6. The van der Waals surface area contributed by atoms with Crippen LogP contribution in [0.3, 0.4) is 0 Å². The van der Waals surface area contributed by atoms with Crippen LogP contribution in [-0.4, -0.2) is 17.0 Å². The number of ether oxygens (including phenoxy) is 1. The molecule has 0 atom stereocenters. The van der Waals surface area contributed by atoms with Crippen molar-refractivity contribution in [2.24, 2.45) is 0 Å². The monoisotopic (exact) mass is 390 g/mol. The van der Waals surface area contributed by atoms with Gasteiger partial charge in [0.15, 0.2) is 0 Å². The maximum absolute atomic E-state index is 11.8. The predicted octanol–water partition coefficient (Wildman–Crippen LogP) is 6.70. The van der Waals surface area contributed by atoms with Crippen LogP contribution in [0.1, 0.15) is 102 Å². The number of carbonyl (C=O) groups is 2. The van der Waals surface area contributed by atoms with Gasteiger partial charge < -0.3 is 9.84 Å². The van der Waals surface area contributed by atoms with Gasteiger partial charge in [-0.1, -0.05) is 95.8 Å². The Morgan fingerprint density at radius 1 is 0.786 bits per heavy atom. The number of para-hydroxylation sites is 1. The first-order valence-corrected chi connectivity index (χ1v) is 11.1. The van der Waals surface area contributed by atoms with Gasteiger partial charge in [0.25, 0.3) is 0 Å². The van der Waals surface area contributed by atoms with E-state index in [2.05, 4.69) is 6.92 Å². The fourth-order valence-corrected chi connectivity index (χ4v) is 3.35. The lowest BCUT2D eigenvalue weighted by Crippen LogP contribution is -2.11. The molecule has 0 fully saturated rings. The van der Waals surface area contributed by atoms with Crippen molar-refractivity contribution in [3.8, 4) is 5.75 Å². The van der Waals surface area contributed by atoms with Crippen molar-refractivity contribution in [1.82, 2.24) is 0 Å². The highest BCUT2D eigenvalue weighted by Gasteiger charge is 2.10. The van der Waals surface area contributed by atoms with Gasteiger partial charge in [-0.15, -0.1) is 0 Å². The van der Waals surface area contributed by atoms with E-state index in [0.717, 1.165) is 18.4 Å². The van der Waals surface area contributed by atoms with Crippen LogP contribution in [0.4, 0.5) is 0 Å². The average Bonchev–Trinajstić information content (AvgIpc) is 2.68. The topological polar surface area (TPSA) is 63.6 Å². The number of benzene rings is 1. The van der Waals surface area contributed by atoms with Gasteiger partial charge in [0.2, 0.25) is 0 Å². The van der Waals surface area contributed by atoms with Crippen molar-refractivity contribution in [3.05, 3.63) is 29.8 Å². The Hall–Kier alpha value is -1.84. The zero-order chi connectivity index (χ0) is 20.5. The molecule has 1 aromatic carbocycles. The van der Waals surface area contributed by atoms with E-state index in [1.807, 2.05) is 18.2 Å². The van der Waals surface area contributed by atoms with E-state index in [1.165, 1.54) is 70.6 Å². The zero-order valence-electron chi connectivity index (χ0n) is 17.6. The summed E-state index contributed by atoms with van der Waals surface area (Å²) in [4.78, 5) is 22.3. The quantitative estimate of drug-likeness (QED) is 0.183. The molecule has 0 radical (unpaired) electrons. The summed E-state index contributed by atoms with van der Waals surface area (Å²) in [5, 5.41) is 8.65. The lowest BCUT2D eigenvalue weighted by molar-refractivity contribution is -0.142. The molecule has 28 heavy (non-hydrogen) atoms. The Morgan fingerprint density at radius 3 is 1.89 bits per heavy atom. The third kappa shape index (κ3) is 12.5. The van der Waals surface area contributed by atoms with Crippen LogP contribution in [0.25, 0.3) is 0 Å². The molecule has 0 bridgehead atoms. The van der Waals surface area contributed by atoms with Gasteiger partial charge in [-0.2, -0.15) is 0 Å². The summed E-state index contributed by atoms with van der Waals surface area (Å²) in [6, 6.07) is 7.56. The molecule has 0 amide bonds. The van der Waals surface area contributed by atoms with E-state index >= 15 is 0 Å². The van der Waals surface area contributed by atoms with Crippen molar-refractivity contribution in [3.63, 3.8) is 0 Å². The van der Waals surface area contributed by atoms with Gasteiger partial charge in [0.05, 0.1) is 12.8 Å². The zero-order valence-corrected chi connectivity index (χ0v) is 17.6. The fraction of sp³-hybridized carbons (Fsp3) is 0.667. The van der Waals surface area contributed by atoms with Gasteiger partial charge in [-0.25, -0.2) is 0 Å². The van der Waals surface area contributed by atoms with Crippen LogP contribution >= 0.6 is 0 Å². The number of hydrogen-bond acceptors (Lipinski definition) is 3. The second kappa shape index (κ2) is 16.1. The summed E-state index contributed by atoms with van der Waals surface area (Å²) < 4.78 is 5.35. The SMILES string of the molecule is CCCCCCCCCCCCCCc1ccccc1OC(=O)CCC(=O)O. The average molecular weight is 391 g/mol. The summed E-state index contributed by atoms with van der Waals surface area (Å²) in [6.45, 7) is 2.26. The Balaban J connectivity index is 2.12. The summed E-state index contributed by atoms with van der Waals surface area (Å²) in [7, 11) is 0.